The van der Waals surface area contributed by atoms with Gasteiger partial charge in [-0.05, 0) is 35.4 Å². The van der Waals surface area contributed by atoms with E-state index >= 15 is 0 Å². The number of carbonyl (C=O) groups excluding carboxylic acids is 4. The maximum Gasteiger partial charge on any atom is 0.329 e. The molecule has 0 spiro atoms. The van der Waals surface area contributed by atoms with E-state index in [1.54, 1.807) is 43.5 Å². The van der Waals surface area contributed by atoms with Gasteiger partial charge in [-0.25, -0.2) is 4.79 Å². The number of ether oxygens (including phenoxy) is 6. The van der Waals surface area contributed by atoms with E-state index in [2.05, 4.69) is 5.32 Å². The van der Waals surface area contributed by atoms with Crippen LogP contribution >= 0.6 is 0 Å². The van der Waals surface area contributed by atoms with E-state index in [4.69, 9.17) is 28.4 Å². The van der Waals surface area contributed by atoms with E-state index in [9.17, 15) is 19.2 Å². The Balaban J connectivity index is 1.02. The Morgan fingerprint density at radius 3 is 1.79 bits per heavy atom. The smallest absolute Gasteiger partial charge is 0.329 e. The van der Waals surface area contributed by atoms with Crippen LogP contribution in [0.3, 0.4) is 0 Å². The van der Waals surface area contributed by atoms with Crippen LogP contribution in [0.15, 0.2) is 78.9 Å². The van der Waals surface area contributed by atoms with Gasteiger partial charge in [-0.15, -0.1) is 0 Å². The van der Waals surface area contributed by atoms with Gasteiger partial charge >= 0.3 is 5.97 Å². The fourth-order valence-electron chi connectivity index (χ4n) is 4.81. The highest BCUT2D eigenvalue weighted by molar-refractivity contribution is 6.21. The van der Waals surface area contributed by atoms with E-state index in [-0.39, 0.29) is 56.9 Å². The van der Waals surface area contributed by atoms with Crippen molar-refractivity contribution in [2.75, 3.05) is 66.5 Å². The van der Waals surface area contributed by atoms with Gasteiger partial charge in [0.25, 0.3) is 11.8 Å². The highest BCUT2D eigenvalue weighted by atomic mass is 16.6. The SMILES string of the molecule is COc1ccc(C[C@H](NC(=O)CCOCCOCCOCCOCCN2C(=O)c3ccccc3C2=O)C(=O)OCc2ccccc2)cc1. The second-order valence-electron chi connectivity index (χ2n) is 10.8. The minimum absolute atomic E-state index is 0.0706. The van der Waals surface area contributed by atoms with Gasteiger partial charge in [0.15, 0.2) is 0 Å². The van der Waals surface area contributed by atoms with Crippen molar-refractivity contribution in [3.63, 3.8) is 0 Å². The van der Waals surface area contributed by atoms with Crippen LogP contribution in [0, 0.1) is 0 Å². The summed E-state index contributed by atoms with van der Waals surface area (Å²) in [5, 5.41) is 2.78. The van der Waals surface area contributed by atoms with Crippen molar-refractivity contribution >= 4 is 23.7 Å². The first-order chi connectivity index (χ1) is 23.5. The van der Waals surface area contributed by atoms with Crippen molar-refractivity contribution in [2.24, 2.45) is 0 Å². The topological polar surface area (TPSA) is 139 Å². The Kier molecular flexibility index (Phi) is 15.0. The normalized spacial score (nSPS) is 12.9. The summed E-state index contributed by atoms with van der Waals surface area (Å²) >= 11 is 0. The molecule has 1 aliphatic heterocycles. The zero-order valence-electron chi connectivity index (χ0n) is 27.1. The summed E-state index contributed by atoms with van der Waals surface area (Å²) in [6, 6.07) is 22.5. The van der Waals surface area contributed by atoms with Gasteiger partial charge in [-0.3, -0.25) is 19.3 Å². The van der Waals surface area contributed by atoms with Gasteiger partial charge in [-0.2, -0.15) is 0 Å². The van der Waals surface area contributed by atoms with E-state index in [0.29, 0.717) is 56.5 Å². The maximum absolute atomic E-state index is 12.9. The number of nitrogens with one attached hydrogen (secondary N) is 1. The highest BCUT2D eigenvalue weighted by Crippen LogP contribution is 2.22. The van der Waals surface area contributed by atoms with Crippen LogP contribution in [0.25, 0.3) is 0 Å². The fraction of sp³-hybridized carbons (Fsp3) is 0.389. The Labute approximate surface area is 280 Å². The largest absolute Gasteiger partial charge is 0.497 e. The van der Waals surface area contributed by atoms with Crippen molar-refractivity contribution in [1.29, 1.82) is 0 Å². The number of methoxy groups -OCH3 is 1. The molecular formula is C36H42N2O10. The van der Waals surface area contributed by atoms with Gasteiger partial charge in [-0.1, -0.05) is 54.6 Å². The van der Waals surface area contributed by atoms with Gasteiger partial charge < -0.3 is 33.7 Å². The summed E-state index contributed by atoms with van der Waals surface area (Å²) in [7, 11) is 1.58. The van der Waals surface area contributed by atoms with Gasteiger partial charge in [0, 0.05) is 12.8 Å². The molecule has 48 heavy (non-hydrogen) atoms. The molecule has 1 aliphatic rings. The van der Waals surface area contributed by atoms with Crippen LogP contribution < -0.4 is 10.1 Å². The number of esters is 1. The molecule has 0 aromatic heterocycles. The average Bonchev–Trinajstić information content (AvgIpc) is 3.36. The molecule has 0 aliphatic carbocycles. The van der Waals surface area contributed by atoms with Crippen LogP contribution in [0.1, 0.15) is 38.3 Å². The van der Waals surface area contributed by atoms with Crippen molar-refractivity contribution in [1.82, 2.24) is 10.2 Å². The minimum atomic E-state index is -0.861. The number of hydrogen-bond donors (Lipinski definition) is 1. The summed E-state index contributed by atoms with van der Waals surface area (Å²) in [6.07, 6.45) is 0.337. The predicted octanol–water partition coefficient (Wildman–Crippen LogP) is 3.22. The Bertz CT molecular complexity index is 1430. The van der Waals surface area contributed by atoms with E-state index in [0.717, 1.165) is 11.1 Å². The first-order valence-electron chi connectivity index (χ1n) is 15.9. The molecule has 0 saturated heterocycles. The quantitative estimate of drug-likeness (QED) is 0.0970. The molecule has 12 heteroatoms. The van der Waals surface area contributed by atoms with Crippen molar-refractivity contribution in [2.45, 2.75) is 25.5 Å². The fourth-order valence-corrected chi connectivity index (χ4v) is 4.81. The maximum atomic E-state index is 12.9. The zero-order chi connectivity index (χ0) is 34.0. The standard InChI is InChI=1S/C36H42N2O10/c1-43-29-13-11-27(12-14-29)25-32(36(42)48-26-28-7-3-2-4-8-28)37-33(39)15-17-44-19-21-46-23-24-47-22-20-45-18-16-38-34(40)30-9-5-6-10-31(30)35(38)41/h2-14,32H,15-26H2,1H3,(H,37,39)/t32-/m0/s1. The van der Waals surface area contributed by atoms with Crippen LogP contribution in [-0.2, 0) is 46.3 Å². The van der Waals surface area contributed by atoms with Crippen molar-refractivity contribution < 1.29 is 47.6 Å². The third-order valence-electron chi connectivity index (χ3n) is 7.37. The van der Waals surface area contributed by atoms with E-state index in [1.165, 1.54) is 4.90 Å². The number of nitrogens with zero attached hydrogens (tertiary/aromatic N) is 1. The lowest BCUT2D eigenvalue weighted by atomic mass is 10.1. The van der Waals surface area contributed by atoms with Gasteiger partial charge in [0.2, 0.25) is 5.91 Å². The molecule has 0 bridgehead atoms. The number of imide groups is 1. The van der Waals surface area contributed by atoms with Crippen molar-refractivity contribution in [3.05, 3.63) is 101 Å². The molecule has 0 saturated carbocycles. The number of carbonyl (C=O) groups is 4. The first kappa shape index (κ1) is 36.2. The molecule has 1 N–H and O–H groups in total. The van der Waals surface area contributed by atoms with Crippen LogP contribution in [0.5, 0.6) is 5.75 Å². The summed E-state index contributed by atoms with van der Waals surface area (Å²) in [5.74, 6) is -0.754. The lowest BCUT2D eigenvalue weighted by Crippen LogP contribution is -2.43. The molecule has 1 heterocycles. The monoisotopic (exact) mass is 662 g/mol. The molecular weight excluding hydrogens is 620 g/mol. The Morgan fingerprint density at radius 1 is 0.667 bits per heavy atom. The number of benzene rings is 3. The lowest BCUT2D eigenvalue weighted by molar-refractivity contribution is -0.149. The van der Waals surface area contributed by atoms with E-state index < -0.39 is 12.0 Å². The molecule has 3 aromatic rings. The molecule has 12 nitrogen and oxygen atoms in total. The molecule has 256 valence electrons. The minimum Gasteiger partial charge on any atom is -0.497 e. The second kappa shape index (κ2) is 19.9. The Hall–Kier alpha value is -4.62. The van der Waals surface area contributed by atoms with Gasteiger partial charge in [0.1, 0.15) is 18.4 Å². The predicted molar refractivity (Wildman–Crippen MR) is 175 cm³/mol. The molecule has 0 radical (unpaired) electrons. The molecule has 0 unspecified atom stereocenters. The number of amides is 3. The molecule has 4 rings (SSSR count). The second-order valence-corrected chi connectivity index (χ2v) is 10.8. The highest BCUT2D eigenvalue weighted by Gasteiger charge is 2.34. The summed E-state index contributed by atoms with van der Waals surface area (Å²) in [5.41, 5.74) is 2.55. The summed E-state index contributed by atoms with van der Waals surface area (Å²) in [6.45, 7) is 2.69. The summed E-state index contributed by atoms with van der Waals surface area (Å²) in [4.78, 5) is 51.5. The van der Waals surface area contributed by atoms with Crippen molar-refractivity contribution in [3.8, 4) is 5.75 Å². The van der Waals surface area contributed by atoms with E-state index in [1.807, 2.05) is 42.5 Å². The van der Waals surface area contributed by atoms with Crippen LogP contribution in [0.4, 0.5) is 0 Å². The van der Waals surface area contributed by atoms with Gasteiger partial charge in [0.05, 0.1) is 77.6 Å². The molecule has 3 aromatic carbocycles. The Morgan fingerprint density at radius 2 is 1.21 bits per heavy atom. The van der Waals surface area contributed by atoms with Crippen LogP contribution in [0.2, 0.25) is 0 Å². The first-order valence-corrected chi connectivity index (χ1v) is 15.9. The molecule has 0 fully saturated rings. The average molecular weight is 663 g/mol. The summed E-state index contributed by atoms with van der Waals surface area (Å²) < 4.78 is 32.7. The lowest BCUT2D eigenvalue weighted by Gasteiger charge is -2.18. The molecule has 3 amide bonds. The number of rotatable bonds is 22. The number of fused-ring (bicyclic) bond motifs is 1. The van der Waals surface area contributed by atoms with Crippen LogP contribution in [-0.4, -0.2) is 101 Å². The number of hydrogen-bond acceptors (Lipinski definition) is 10. The zero-order valence-corrected chi connectivity index (χ0v) is 27.1. The molecule has 1 atom stereocenters. The third kappa shape index (κ3) is 11.6. The third-order valence-corrected chi connectivity index (χ3v) is 7.37.